The molecule has 6 heteroatoms. The molecule has 0 amide bonds. The molecule has 0 aliphatic carbocycles. The average Bonchev–Trinajstić information content (AvgIpc) is 2.95. The van der Waals surface area contributed by atoms with E-state index in [9.17, 15) is 5.11 Å². The normalized spacial score (nSPS) is 21.2. The van der Waals surface area contributed by atoms with Crippen molar-refractivity contribution in [3.63, 3.8) is 0 Å². The van der Waals surface area contributed by atoms with E-state index in [1.807, 2.05) is 37.5 Å². The summed E-state index contributed by atoms with van der Waals surface area (Å²) in [6, 6.07) is 10.3. The van der Waals surface area contributed by atoms with E-state index in [0.717, 1.165) is 29.6 Å². The molecule has 1 aliphatic heterocycles. The Bertz CT molecular complexity index is 624. The van der Waals surface area contributed by atoms with Crippen LogP contribution in [-0.2, 0) is 17.0 Å². The predicted octanol–water partition coefficient (Wildman–Crippen LogP) is 2.35. The molecule has 0 bridgehead atoms. The van der Waals surface area contributed by atoms with E-state index in [1.165, 1.54) is 5.56 Å². The molecule has 2 heterocycles. The zero-order valence-corrected chi connectivity index (χ0v) is 14.7. The van der Waals surface area contributed by atoms with Crippen molar-refractivity contribution in [2.75, 3.05) is 19.7 Å². The van der Waals surface area contributed by atoms with Crippen LogP contribution in [0.2, 0.25) is 0 Å². The number of hydrogen-bond acceptors (Lipinski definition) is 6. The number of thioether (sulfide) groups is 1. The molecule has 1 aromatic carbocycles. The molecule has 0 saturated carbocycles. The van der Waals surface area contributed by atoms with Gasteiger partial charge in [-0.05, 0) is 12.5 Å². The number of nitrogens with zero attached hydrogens (tertiary/aromatic N) is 3. The molecule has 2 aromatic rings. The van der Waals surface area contributed by atoms with Crippen LogP contribution >= 0.6 is 11.8 Å². The van der Waals surface area contributed by atoms with Gasteiger partial charge >= 0.3 is 0 Å². The molecular weight excluding hydrogens is 322 g/mol. The molecule has 1 aliphatic rings. The molecule has 24 heavy (non-hydrogen) atoms. The minimum Gasteiger partial charge on any atom is -0.389 e. The van der Waals surface area contributed by atoms with Gasteiger partial charge in [0.25, 0.3) is 0 Å². The molecular formula is C18H23N3O2S. The standard InChI is InChI=1S/C18H23N3O2S/c1-2-23-17-12-21(11-16(17)22)10-15-8-19-18(20-9-15)24-13-14-6-4-3-5-7-14/h3-9,16-17,22H,2,10-13H2,1H3. The summed E-state index contributed by atoms with van der Waals surface area (Å²) >= 11 is 1.64. The number of aliphatic hydroxyl groups excluding tert-OH is 1. The van der Waals surface area contributed by atoms with Crippen LogP contribution in [0.3, 0.4) is 0 Å². The molecule has 1 fully saturated rings. The van der Waals surface area contributed by atoms with Gasteiger partial charge < -0.3 is 9.84 Å². The van der Waals surface area contributed by atoms with Gasteiger partial charge in [0, 0.05) is 50.0 Å². The number of aromatic nitrogens is 2. The maximum Gasteiger partial charge on any atom is 0.187 e. The van der Waals surface area contributed by atoms with Crippen molar-refractivity contribution in [2.45, 2.75) is 36.6 Å². The summed E-state index contributed by atoms with van der Waals surface area (Å²) in [4.78, 5) is 11.1. The van der Waals surface area contributed by atoms with Gasteiger partial charge in [-0.3, -0.25) is 4.90 Å². The van der Waals surface area contributed by atoms with Crippen molar-refractivity contribution < 1.29 is 9.84 Å². The summed E-state index contributed by atoms with van der Waals surface area (Å²) in [6.45, 7) is 4.71. The Kier molecular flexibility index (Phi) is 6.20. The highest BCUT2D eigenvalue weighted by molar-refractivity contribution is 7.98. The number of ether oxygens (including phenoxy) is 1. The quantitative estimate of drug-likeness (QED) is 0.614. The van der Waals surface area contributed by atoms with Gasteiger partial charge in [0.1, 0.15) is 0 Å². The number of hydrogen-bond donors (Lipinski definition) is 1. The summed E-state index contributed by atoms with van der Waals surface area (Å²) in [5.41, 5.74) is 2.33. The van der Waals surface area contributed by atoms with E-state index >= 15 is 0 Å². The Morgan fingerprint density at radius 3 is 2.62 bits per heavy atom. The summed E-state index contributed by atoms with van der Waals surface area (Å²) in [7, 11) is 0. The first-order chi connectivity index (χ1) is 11.7. The number of likely N-dealkylation sites (tertiary alicyclic amines) is 1. The molecule has 3 rings (SSSR count). The van der Waals surface area contributed by atoms with Crippen LogP contribution in [0.1, 0.15) is 18.1 Å². The smallest absolute Gasteiger partial charge is 0.187 e. The SMILES string of the molecule is CCOC1CN(Cc2cnc(SCc3ccccc3)nc2)CC1O. The van der Waals surface area contributed by atoms with Crippen molar-refractivity contribution in [1.29, 1.82) is 0 Å². The van der Waals surface area contributed by atoms with Crippen LogP contribution in [0.25, 0.3) is 0 Å². The van der Waals surface area contributed by atoms with E-state index in [-0.39, 0.29) is 6.10 Å². The molecule has 2 unspecified atom stereocenters. The topological polar surface area (TPSA) is 58.5 Å². The Labute approximate surface area is 147 Å². The van der Waals surface area contributed by atoms with Gasteiger partial charge in [-0.1, -0.05) is 42.1 Å². The second-order valence-corrected chi connectivity index (χ2v) is 6.85. The summed E-state index contributed by atoms with van der Waals surface area (Å²) in [6.07, 6.45) is 3.25. The lowest BCUT2D eigenvalue weighted by Crippen LogP contribution is -2.26. The molecule has 1 N–H and O–H groups in total. The highest BCUT2D eigenvalue weighted by Gasteiger charge is 2.31. The van der Waals surface area contributed by atoms with E-state index in [1.54, 1.807) is 11.8 Å². The highest BCUT2D eigenvalue weighted by atomic mass is 32.2. The van der Waals surface area contributed by atoms with Gasteiger partial charge in [-0.2, -0.15) is 0 Å². The van der Waals surface area contributed by atoms with Crippen LogP contribution in [0.15, 0.2) is 47.9 Å². The Morgan fingerprint density at radius 2 is 1.92 bits per heavy atom. The maximum atomic E-state index is 9.99. The third-order valence-corrected chi connectivity index (χ3v) is 4.94. The average molecular weight is 345 g/mol. The lowest BCUT2D eigenvalue weighted by molar-refractivity contribution is -0.00245. The van der Waals surface area contributed by atoms with Gasteiger partial charge in [-0.25, -0.2) is 9.97 Å². The van der Waals surface area contributed by atoms with Gasteiger partial charge in [0.2, 0.25) is 0 Å². The van der Waals surface area contributed by atoms with Crippen molar-refractivity contribution >= 4 is 11.8 Å². The molecule has 128 valence electrons. The van der Waals surface area contributed by atoms with Gasteiger partial charge in [0.15, 0.2) is 5.16 Å². The summed E-state index contributed by atoms with van der Waals surface area (Å²) in [5.74, 6) is 0.870. The third kappa shape index (κ3) is 4.77. The molecule has 1 aromatic heterocycles. The molecule has 0 radical (unpaired) electrons. The fourth-order valence-corrected chi connectivity index (χ4v) is 3.56. The largest absolute Gasteiger partial charge is 0.389 e. The Hall–Kier alpha value is -1.47. The first kappa shape index (κ1) is 17.4. The monoisotopic (exact) mass is 345 g/mol. The van der Waals surface area contributed by atoms with Crippen LogP contribution in [0.5, 0.6) is 0 Å². The van der Waals surface area contributed by atoms with Crippen LogP contribution < -0.4 is 0 Å². The number of β-amino-alcohol motifs (C(OH)–C–C–N with tert-alkyl or cyclic N) is 1. The van der Waals surface area contributed by atoms with E-state index in [4.69, 9.17) is 4.74 Å². The fourth-order valence-electron chi connectivity index (χ4n) is 2.82. The predicted molar refractivity (Wildman–Crippen MR) is 94.7 cm³/mol. The summed E-state index contributed by atoms with van der Waals surface area (Å²) in [5, 5.41) is 10.8. The zero-order chi connectivity index (χ0) is 16.8. The lowest BCUT2D eigenvalue weighted by Gasteiger charge is -2.15. The second kappa shape index (κ2) is 8.58. The molecule has 5 nitrogen and oxygen atoms in total. The van der Waals surface area contributed by atoms with E-state index in [2.05, 4.69) is 27.0 Å². The molecule has 0 spiro atoms. The number of rotatable bonds is 7. The van der Waals surface area contributed by atoms with Crippen molar-refractivity contribution in [3.05, 3.63) is 53.9 Å². The lowest BCUT2D eigenvalue weighted by atomic mass is 10.2. The number of benzene rings is 1. The summed E-state index contributed by atoms with van der Waals surface area (Å²) < 4.78 is 5.55. The minimum absolute atomic E-state index is 0.0865. The van der Waals surface area contributed by atoms with Crippen LogP contribution in [-0.4, -0.2) is 51.9 Å². The molecule has 2 atom stereocenters. The van der Waals surface area contributed by atoms with E-state index < -0.39 is 6.10 Å². The van der Waals surface area contributed by atoms with Gasteiger partial charge in [-0.15, -0.1) is 0 Å². The third-order valence-electron chi connectivity index (χ3n) is 3.99. The Balaban J connectivity index is 1.50. The molecule has 1 saturated heterocycles. The minimum atomic E-state index is -0.411. The Morgan fingerprint density at radius 1 is 1.17 bits per heavy atom. The van der Waals surface area contributed by atoms with Crippen LogP contribution in [0.4, 0.5) is 0 Å². The van der Waals surface area contributed by atoms with Crippen LogP contribution in [0, 0.1) is 0 Å². The fraction of sp³-hybridized carbons (Fsp3) is 0.444. The van der Waals surface area contributed by atoms with Gasteiger partial charge in [0.05, 0.1) is 12.2 Å². The second-order valence-electron chi connectivity index (χ2n) is 5.90. The highest BCUT2D eigenvalue weighted by Crippen LogP contribution is 2.20. The van der Waals surface area contributed by atoms with Crippen molar-refractivity contribution in [3.8, 4) is 0 Å². The van der Waals surface area contributed by atoms with Crippen molar-refractivity contribution in [2.24, 2.45) is 0 Å². The zero-order valence-electron chi connectivity index (χ0n) is 13.8. The van der Waals surface area contributed by atoms with E-state index in [0.29, 0.717) is 13.2 Å². The van der Waals surface area contributed by atoms with Crippen molar-refractivity contribution in [1.82, 2.24) is 14.9 Å². The first-order valence-electron chi connectivity index (χ1n) is 8.24. The number of aliphatic hydroxyl groups is 1. The maximum absolute atomic E-state index is 9.99. The first-order valence-corrected chi connectivity index (χ1v) is 9.23.